The van der Waals surface area contributed by atoms with Gasteiger partial charge in [-0.2, -0.15) is 13.2 Å². The van der Waals surface area contributed by atoms with Gasteiger partial charge in [-0.15, -0.1) is 0 Å². The molecule has 0 atom stereocenters. The average molecular weight is 378 g/mol. The maximum absolute atomic E-state index is 13.6. The van der Waals surface area contributed by atoms with Crippen LogP contribution in [-0.4, -0.2) is 29.2 Å². The molecule has 0 spiro atoms. The summed E-state index contributed by atoms with van der Waals surface area (Å²) in [4.78, 5) is 15.8. The first-order valence-electron chi connectivity index (χ1n) is 8.21. The molecule has 3 rings (SSSR count). The highest BCUT2D eigenvalue weighted by atomic mass is 19.4. The highest BCUT2D eigenvalue weighted by Crippen LogP contribution is 2.33. The van der Waals surface area contributed by atoms with E-state index in [9.17, 15) is 18.0 Å². The van der Waals surface area contributed by atoms with Gasteiger partial charge >= 0.3 is 12.1 Å². The van der Waals surface area contributed by atoms with Gasteiger partial charge in [0, 0.05) is 6.54 Å². The lowest BCUT2D eigenvalue weighted by molar-refractivity contribution is -0.146. The van der Waals surface area contributed by atoms with Crippen molar-refractivity contribution in [1.29, 1.82) is 0 Å². The molecule has 0 radical (unpaired) electrons. The van der Waals surface area contributed by atoms with Gasteiger partial charge in [-0.3, -0.25) is 0 Å². The summed E-state index contributed by atoms with van der Waals surface area (Å²) in [5, 5.41) is 0. The number of para-hydroxylation sites is 1. The fourth-order valence-electron chi connectivity index (χ4n) is 2.81. The van der Waals surface area contributed by atoms with Crippen LogP contribution in [0, 0.1) is 0 Å². The van der Waals surface area contributed by atoms with Gasteiger partial charge < -0.3 is 14.0 Å². The van der Waals surface area contributed by atoms with Crippen molar-refractivity contribution in [3.8, 4) is 5.75 Å². The maximum atomic E-state index is 13.6. The molecule has 0 amide bonds. The molecular weight excluding hydrogens is 361 g/mol. The van der Waals surface area contributed by atoms with Gasteiger partial charge in [0.25, 0.3) is 0 Å². The van der Waals surface area contributed by atoms with E-state index in [0.29, 0.717) is 11.3 Å². The van der Waals surface area contributed by atoms with Crippen molar-refractivity contribution >= 4 is 17.0 Å². The normalized spacial score (nSPS) is 11.6. The highest BCUT2D eigenvalue weighted by molar-refractivity contribution is 6.02. The molecule has 5 nitrogen and oxygen atoms in total. The molecule has 0 bridgehead atoms. The number of benzene rings is 2. The van der Waals surface area contributed by atoms with E-state index < -0.39 is 18.0 Å². The van der Waals surface area contributed by atoms with Crippen LogP contribution in [0.1, 0.15) is 28.7 Å². The Labute approximate surface area is 153 Å². The molecule has 3 aromatic rings. The molecule has 1 heterocycles. The Hall–Kier alpha value is -3.03. The number of rotatable bonds is 5. The van der Waals surface area contributed by atoms with Crippen LogP contribution < -0.4 is 4.74 Å². The van der Waals surface area contributed by atoms with E-state index in [1.54, 1.807) is 31.2 Å². The quantitative estimate of drug-likeness (QED) is 0.622. The van der Waals surface area contributed by atoms with E-state index in [2.05, 4.69) is 4.98 Å². The number of hydrogen-bond donors (Lipinski definition) is 0. The number of methoxy groups -OCH3 is 1. The Balaban J connectivity index is 2.14. The Kier molecular flexibility index (Phi) is 5.07. The number of halogens is 3. The minimum Gasteiger partial charge on any atom is -0.497 e. The van der Waals surface area contributed by atoms with Crippen molar-refractivity contribution in [2.45, 2.75) is 19.6 Å². The van der Waals surface area contributed by atoms with Crippen LogP contribution in [0.3, 0.4) is 0 Å². The van der Waals surface area contributed by atoms with Gasteiger partial charge in [0.1, 0.15) is 11.3 Å². The van der Waals surface area contributed by atoms with Crippen molar-refractivity contribution in [2.75, 3.05) is 13.7 Å². The molecule has 0 saturated carbocycles. The number of nitrogens with zero attached hydrogens (tertiary/aromatic N) is 2. The molecule has 0 fully saturated rings. The van der Waals surface area contributed by atoms with E-state index in [1.807, 2.05) is 0 Å². The van der Waals surface area contributed by atoms with Gasteiger partial charge in [0.15, 0.2) is 0 Å². The standard InChI is InChI=1S/C19H17F3N2O3/c1-3-27-17(25)14-5-4-6-15-16(14)23-18(19(20,21)22)24(15)11-12-7-9-13(26-2)10-8-12/h4-10H,3,11H2,1-2H3. The van der Waals surface area contributed by atoms with Crippen LogP contribution in [-0.2, 0) is 17.5 Å². The number of ether oxygens (including phenoxy) is 2. The third-order valence-corrected chi connectivity index (χ3v) is 4.03. The molecule has 2 aromatic carbocycles. The van der Waals surface area contributed by atoms with E-state index in [0.717, 1.165) is 4.57 Å². The Morgan fingerprint density at radius 2 is 1.85 bits per heavy atom. The lowest BCUT2D eigenvalue weighted by atomic mass is 10.1. The smallest absolute Gasteiger partial charge is 0.449 e. The summed E-state index contributed by atoms with van der Waals surface area (Å²) >= 11 is 0. The third kappa shape index (κ3) is 3.74. The first kappa shape index (κ1) is 18.8. The van der Waals surface area contributed by atoms with E-state index in [-0.39, 0.29) is 29.7 Å². The highest BCUT2D eigenvalue weighted by Gasteiger charge is 2.38. The number of imidazole rings is 1. The molecule has 0 saturated heterocycles. The van der Waals surface area contributed by atoms with Crippen molar-refractivity contribution in [3.63, 3.8) is 0 Å². The van der Waals surface area contributed by atoms with E-state index in [1.165, 1.54) is 25.3 Å². The topological polar surface area (TPSA) is 53.3 Å². The fourth-order valence-corrected chi connectivity index (χ4v) is 2.81. The van der Waals surface area contributed by atoms with E-state index in [4.69, 9.17) is 9.47 Å². The third-order valence-electron chi connectivity index (χ3n) is 4.03. The number of hydrogen-bond acceptors (Lipinski definition) is 4. The Morgan fingerprint density at radius 3 is 2.44 bits per heavy atom. The molecule has 0 aliphatic rings. The summed E-state index contributed by atoms with van der Waals surface area (Å²) in [5.74, 6) is -1.16. The van der Waals surface area contributed by atoms with Crippen LogP contribution in [0.5, 0.6) is 5.75 Å². The van der Waals surface area contributed by atoms with Gasteiger partial charge in [0.05, 0.1) is 24.8 Å². The zero-order valence-corrected chi connectivity index (χ0v) is 14.7. The summed E-state index contributed by atoms with van der Waals surface area (Å²) in [6.45, 7) is 1.69. The first-order valence-corrected chi connectivity index (χ1v) is 8.21. The van der Waals surface area contributed by atoms with E-state index >= 15 is 0 Å². The summed E-state index contributed by atoms with van der Waals surface area (Å²) in [6, 6.07) is 11.1. The minimum absolute atomic E-state index is 0.00771. The van der Waals surface area contributed by atoms with Gasteiger partial charge in [-0.25, -0.2) is 9.78 Å². The second kappa shape index (κ2) is 7.30. The second-order valence-electron chi connectivity index (χ2n) is 5.76. The van der Waals surface area contributed by atoms with Crippen LogP contribution in [0.4, 0.5) is 13.2 Å². The summed E-state index contributed by atoms with van der Waals surface area (Å²) < 4.78 is 51.8. The van der Waals surface area contributed by atoms with Crippen LogP contribution in [0.25, 0.3) is 11.0 Å². The number of carbonyl (C=O) groups is 1. The molecule has 1 aromatic heterocycles. The molecule has 0 aliphatic carbocycles. The zero-order valence-electron chi connectivity index (χ0n) is 14.7. The minimum atomic E-state index is -4.67. The van der Waals surface area contributed by atoms with Crippen molar-refractivity contribution in [1.82, 2.24) is 9.55 Å². The van der Waals surface area contributed by atoms with Crippen LogP contribution in [0.15, 0.2) is 42.5 Å². The molecule has 8 heteroatoms. The fraction of sp³-hybridized carbons (Fsp3) is 0.263. The Morgan fingerprint density at radius 1 is 1.15 bits per heavy atom. The molecule has 142 valence electrons. The maximum Gasteiger partial charge on any atom is 0.449 e. The number of carbonyl (C=O) groups excluding carboxylic acids is 1. The lowest BCUT2D eigenvalue weighted by Crippen LogP contribution is -2.15. The van der Waals surface area contributed by atoms with Gasteiger partial charge in [-0.05, 0) is 36.8 Å². The average Bonchev–Trinajstić information content (AvgIpc) is 3.01. The van der Waals surface area contributed by atoms with Crippen molar-refractivity contribution in [2.24, 2.45) is 0 Å². The summed E-state index contributed by atoms with van der Waals surface area (Å²) in [6.07, 6.45) is -4.67. The predicted octanol–water partition coefficient (Wildman–Crippen LogP) is 4.29. The Bertz CT molecular complexity index is 963. The number of fused-ring (bicyclic) bond motifs is 1. The lowest BCUT2D eigenvalue weighted by Gasteiger charge is -2.12. The van der Waals surface area contributed by atoms with Crippen molar-refractivity contribution in [3.05, 3.63) is 59.4 Å². The SMILES string of the molecule is CCOC(=O)c1cccc2c1nc(C(F)(F)F)n2Cc1ccc(OC)cc1. The number of alkyl halides is 3. The second-order valence-corrected chi connectivity index (χ2v) is 5.76. The largest absolute Gasteiger partial charge is 0.497 e. The zero-order chi connectivity index (χ0) is 19.6. The predicted molar refractivity (Wildman–Crippen MR) is 92.8 cm³/mol. The molecule has 0 unspecified atom stereocenters. The summed E-state index contributed by atoms with van der Waals surface area (Å²) in [5.41, 5.74) is 0.830. The monoisotopic (exact) mass is 378 g/mol. The summed E-state index contributed by atoms with van der Waals surface area (Å²) in [7, 11) is 1.51. The first-order chi connectivity index (χ1) is 12.8. The van der Waals surface area contributed by atoms with Gasteiger partial charge in [-0.1, -0.05) is 18.2 Å². The molecule has 27 heavy (non-hydrogen) atoms. The van der Waals surface area contributed by atoms with Crippen molar-refractivity contribution < 1.29 is 27.4 Å². The molecule has 0 aliphatic heterocycles. The van der Waals surface area contributed by atoms with Crippen LogP contribution >= 0.6 is 0 Å². The van der Waals surface area contributed by atoms with Gasteiger partial charge in [0.2, 0.25) is 5.82 Å². The van der Waals surface area contributed by atoms with Crippen LogP contribution in [0.2, 0.25) is 0 Å². The molecule has 0 N–H and O–H groups in total. The number of esters is 1. The number of aromatic nitrogens is 2. The molecular formula is C19H17F3N2O3.